The minimum atomic E-state index is -1.90. The van der Waals surface area contributed by atoms with Crippen LogP contribution >= 0.6 is 0 Å². The quantitative estimate of drug-likeness (QED) is 0.142. The number of carbonyl (C=O) groups excluding carboxylic acids is 1. The number of hydrogen-bond donors (Lipinski definition) is 8. The fourth-order valence-electron chi connectivity index (χ4n) is 5.08. The molecule has 5 rings (SSSR count). The Morgan fingerprint density at radius 1 is 0.867 bits per heavy atom. The van der Waals surface area contributed by atoms with Crippen LogP contribution in [-0.2, 0) is 19.0 Å². The summed E-state index contributed by atoms with van der Waals surface area (Å²) >= 11 is 0. The molecule has 0 saturated carbocycles. The predicted molar refractivity (Wildman–Crippen MR) is 148 cm³/mol. The number of aliphatic hydroxyl groups excluding tert-OH is 6. The summed E-state index contributed by atoms with van der Waals surface area (Å²) in [5.41, 5.74) is -1.05. The van der Waals surface area contributed by atoms with E-state index in [2.05, 4.69) is 0 Å². The number of aliphatic hydroxyl groups is 6. The molecule has 10 atom stereocenters. The van der Waals surface area contributed by atoms with Crippen molar-refractivity contribution in [1.29, 1.82) is 0 Å². The Balaban J connectivity index is 1.56. The molecule has 2 aliphatic rings. The number of carbonyl (C=O) groups is 1. The predicted octanol–water partition coefficient (Wildman–Crippen LogP) is -1.17. The lowest BCUT2D eigenvalue weighted by Gasteiger charge is -2.41. The van der Waals surface area contributed by atoms with E-state index >= 15 is 0 Å². The molecular formula is C29H32O16. The minimum absolute atomic E-state index is 0.123. The van der Waals surface area contributed by atoms with Gasteiger partial charge in [0, 0.05) is 24.6 Å². The molecule has 2 aliphatic heterocycles. The van der Waals surface area contributed by atoms with Gasteiger partial charge in [-0.1, -0.05) is 0 Å². The van der Waals surface area contributed by atoms with Crippen LogP contribution in [0.2, 0.25) is 0 Å². The number of fused-ring (bicyclic) bond motifs is 1. The maximum Gasteiger partial charge on any atom is 0.303 e. The summed E-state index contributed by atoms with van der Waals surface area (Å²) < 4.78 is 33.3. The van der Waals surface area contributed by atoms with Crippen LogP contribution in [0.1, 0.15) is 13.8 Å². The molecule has 3 aromatic rings. The maximum atomic E-state index is 13.8. The number of hydrogen-bond acceptors (Lipinski definition) is 16. The smallest absolute Gasteiger partial charge is 0.303 e. The van der Waals surface area contributed by atoms with Crippen molar-refractivity contribution in [3.05, 3.63) is 46.6 Å². The lowest BCUT2D eigenvalue weighted by Crippen LogP contribution is -2.61. The van der Waals surface area contributed by atoms with Crippen molar-refractivity contribution in [2.45, 2.75) is 75.3 Å². The summed E-state index contributed by atoms with van der Waals surface area (Å²) in [4.78, 5) is 25.3. The van der Waals surface area contributed by atoms with Gasteiger partial charge in [0.25, 0.3) is 0 Å². The number of esters is 1. The zero-order chi connectivity index (χ0) is 32.7. The molecule has 0 radical (unpaired) electrons. The number of benzene rings is 2. The second kappa shape index (κ2) is 12.8. The monoisotopic (exact) mass is 636 g/mol. The van der Waals surface area contributed by atoms with Crippen molar-refractivity contribution in [2.75, 3.05) is 6.61 Å². The molecule has 2 aromatic carbocycles. The molecule has 2 saturated heterocycles. The van der Waals surface area contributed by atoms with Crippen LogP contribution in [-0.4, -0.2) is 115 Å². The number of phenols is 2. The molecule has 244 valence electrons. The maximum absolute atomic E-state index is 13.8. The van der Waals surface area contributed by atoms with Gasteiger partial charge in [-0.15, -0.1) is 0 Å². The molecule has 16 heteroatoms. The van der Waals surface area contributed by atoms with Crippen LogP contribution in [0.3, 0.4) is 0 Å². The largest absolute Gasteiger partial charge is 0.508 e. The van der Waals surface area contributed by atoms with Crippen LogP contribution in [0.25, 0.3) is 22.3 Å². The van der Waals surface area contributed by atoms with Gasteiger partial charge in [0.05, 0.1) is 12.7 Å². The summed E-state index contributed by atoms with van der Waals surface area (Å²) in [5, 5.41) is 81.8. The van der Waals surface area contributed by atoms with Gasteiger partial charge in [-0.05, 0) is 31.2 Å². The third-order valence-electron chi connectivity index (χ3n) is 7.45. The number of rotatable bonds is 7. The molecule has 16 nitrogen and oxygen atoms in total. The minimum Gasteiger partial charge on any atom is -0.508 e. The van der Waals surface area contributed by atoms with Gasteiger partial charge in [0.1, 0.15) is 64.8 Å². The average Bonchev–Trinajstić information content (AvgIpc) is 2.99. The Hall–Kier alpha value is -4.00. The fourth-order valence-corrected chi connectivity index (χ4v) is 5.08. The number of aromatic hydroxyl groups is 2. The first-order valence-electron chi connectivity index (χ1n) is 13.8. The van der Waals surface area contributed by atoms with Crippen molar-refractivity contribution >= 4 is 16.9 Å². The van der Waals surface area contributed by atoms with E-state index in [0.717, 1.165) is 13.0 Å². The van der Waals surface area contributed by atoms with Gasteiger partial charge < -0.3 is 69.0 Å². The van der Waals surface area contributed by atoms with Gasteiger partial charge >= 0.3 is 5.97 Å². The zero-order valence-electron chi connectivity index (χ0n) is 23.8. The Morgan fingerprint density at radius 3 is 2.16 bits per heavy atom. The number of ether oxygens (including phenoxy) is 5. The zero-order valence-corrected chi connectivity index (χ0v) is 23.8. The van der Waals surface area contributed by atoms with Gasteiger partial charge in [0.15, 0.2) is 11.9 Å². The lowest BCUT2D eigenvalue weighted by molar-refractivity contribution is -0.281. The van der Waals surface area contributed by atoms with Crippen molar-refractivity contribution in [2.24, 2.45) is 0 Å². The van der Waals surface area contributed by atoms with Crippen molar-refractivity contribution in [1.82, 2.24) is 0 Å². The average molecular weight is 637 g/mol. The number of phenolic OH excluding ortho intramolecular Hbond substituents is 2. The summed E-state index contributed by atoms with van der Waals surface area (Å²) in [5.74, 6) is -2.66. The van der Waals surface area contributed by atoms with E-state index in [1.807, 2.05) is 0 Å². The van der Waals surface area contributed by atoms with Gasteiger partial charge in [0.2, 0.25) is 23.8 Å². The summed E-state index contributed by atoms with van der Waals surface area (Å²) in [6.45, 7) is 1.74. The normalized spacial score (nSPS) is 31.8. The Kier molecular flexibility index (Phi) is 9.20. The Bertz CT molecular complexity index is 1590. The molecule has 0 bridgehead atoms. The molecule has 0 aliphatic carbocycles. The Labute approximate surface area is 253 Å². The topological polar surface area (TPSA) is 255 Å². The summed E-state index contributed by atoms with van der Waals surface area (Å²) in [7, 11) is 0. The molecule has 2 fully saturated rings. The van der Waals surface area contributed by atoms with Crippen molar-refractivity contribution in [3.63, 3.8) is 0 Å². The molecule has 1 aromatic heterocycles. The van der Waals surface area contributed by atoms with E-state index in [-0.39, 0.29) is 28.4 Å². The highest BCUT2D eigenvalue weighted by Gasteiger charge is 2.48. The molecule has 45 heavy (non-hydrogen) atoms. The van der Waals surface area contributed by atoms with Gasteiger partial charge in [-0.25, -0.2) is 0 Å². The van der Waals surface area contributed by atoms with Crippen LogP contribution < -0.4 is 14.9 Å². The van der Waals surface area contributed by atoms with E-state index in [1.165, 1.54) is 37.3 Å². The first-order chi connectivity index (χ1) is 21.3. The third-order valence-corrected chi connectivity index (χ3v) is 7.45. The third kappa shape index (κ3) is 6.27. The molecular weight excluding hydrogens is 604 g/mol. The molecule has 0 spiro atoms. The van der Waals surface area contributed by atoms with Crippen LogP contribution in [0.4, 0.5) is 0 Å². The van der Waals surface area contributed by atoms with E-state index in [0.29, 0.717) is 0 Å². The van der Waals surface area contributed by atoms with Crippen molar-refractivity contribution < 1.29 is 73.7 Å². The van der Waals surface area contributed by atoms with E-state index in [1.54, 1.807) is 0 Å². The van der Waals surface area contributed by atoms with Gasteiger partial charge in [-0.3, -0.25) is 9.59 Å². The van der Waals surface area contributed by atoms with Gasteiger partial charge in [-0.2, -0.15) is 0 Å². The van der Waals surface area contributed by atoms with Crippen molar-refractivity contribution in [3.8, 4) is 34.3 Å². The fraction of sp³-hybridized carbons (Fsp3) is 0.448. The Morgan fingerprint density at radius 2 is 1.51 bits per heavy atom. The lowest BCUT2D eigenvalue weighted by atomic mass is 9.99. The highest BCUT2D eigenvalue weighted by Crippen LogP contribution is 2.38. The summed E-state index contributed by atoms with van der Waals surface area (Å²) in [6, 6.07) is 7.49. The molecule has 8 N–H and O–H groups in total. The van der Waals surface area contributed by atoms with E-state index < -0.39 is 96.3 Å². The second-order valence-electron chi connectivity index (χ2n) is 10.6. The van der Waals surface area contributed by atoms with Crippen LogP contribution in [0.5, 0.6) is 23.0 Å². The highest BCUT2D eigenvalue weighted by molar-refractivity contribution is 5.88. The van der Waals surface area contributed by atoms with Crippen LogP contribution in [0.15, 0.2) is 45.6 Å². The molecule has 0 unspecified atom stereocenters. The van der Waals surface area contributed by atoms with E-state index in [9.17, 15) is 50.4 Å². The van der Waals surface area contributed by atoms with Crippen LogP contribution in [0, 0.1) is 0 Å². The first kappa shape index (κ1) is 32.4. The first-order valence-corrected chi connectivity index (χ1v) is 13.8. The SMILES string of the molecule is CC(=O)O[C@H]1[C@H](O)[C@@H](O)[C@H](Oc2c(-c3ccc(O)cc3)oc3cc(O[C@@H]4O[C@@H](C)[C@H](O)[C@@H](O)[C@H]4O)cc(O)c3c2=O)O[C@@H]1CO. The highest BCUT2D eigenvalue weighted by atomic mass is 16.7. The molecule has 0 amide bonds. The molecule has 3 heterocycles. The summed E-state index contributed by atoms with van der Waals surface area (Å²) in [6.07, 6.45) is -15.4. The van der Waals surface area contributed by atoms with E-state index in [4.69, 9.17) is 28.1 Å². The standard InChI is InChI=1S/C29H32O16/c1-10-19(34)21(36)23(38)28(40-10)42-14-7-15(33)18-16(8-14)43-25(12-3-5-13(32)6-4-12)27(20(18)35)45-29-24(39)22(37)26(41-11(2)31)17(9-30)44-29/h3-8,10,17,19,21-24,26,28-30,32-34,36-39H,9H2,1-2H3/t10-,17+,19-,21+,22+,23+,24+,26+,28-,29-/m0/s1. The second-order valence-corrected chi connectivity index (χ2v) is 10.6.